The standard InChI is InChI=1S/C9H17NO2/c1-7(5-10)4-9(11)12-6-8-2-3-8/h7-8H,2-6,10H2,1H3. The summed E-state index contributed by atoms with van der Waals surface area (Å²) in [4.78, 5) is 11.1. The molecule has 3 heteroatoms. The van der Waals surface area contributed by atoms with Crippen molar-refractivity contribution in [2.75, 3.05) is 13.2 Å². The number of ether oxygens (including phenoxy) is 1. The Kier molecular flexibility index (Phi) is 3.53. The third-order valence-electron chi connectivity index (χ3n) is 2.09. The summed E-state index contributed by atoms with van der Waals surface area (Å²) in [5, 5.41) is 0. The molecule has 0 aliphatic heterocycles. The molecule has 0 aromatic rings. The Morgan fingerprint density at radius 2 is 2.33 bits per heavy atom. The maximum Gasteiger partial charge on any atom is 0.306 e. The first kappa shape index (κ1) is 9.52. The van der Waals surface area contributed by atoms with Crippen LogP contribution >= 0.6 is 0 Å². The largest absolute Gasteiger partial charge is 0.465 e. The van der Waals surface area contributed by atoms with Crippen molar-refractivity contribution in [3.8, 4) is 0 Å². The molecule has 0 radical (unpaired) electrons. The van der Waals surface area contributed by atoms with Crippen LogP contribution in [0.4, 0.5) is 0 Å². The number of carbonyl (C=O) groups is 1. The first-order valence-corrected chi connectivity index (χ1v) is 4.58. The number of hydrogen-bond donors (Lipinski definition) is 1. The van der Waals surface area contributed by atoms with Crippen LogP contribution in [0.2, 0.25) is 0 Å². The molecule has 0 aromatic heterocycles. The van der Waals surface area contributed by atoms with Gasteiger partial charge in [-0.2, -0.15) is 0 Å². The third-order valence-corrected chi connectivity index (χ3v) is 2.09. The lowest BCUT2D eigenvalue weighted by atomic mass is 10.1. The summed E-state index contributed by atoms with van der Waals surface area (Å²) in [6, 6.07) is 0. The first-order chi connectivity index (χ1) is 5.72. The van der Waals surface area contributed by atoms with Gasteiger partial charge in [-0.15, -0.1) is 0 Å². The predicted molar refractivity (Wildman–Crippen MR) is 46.5 cm³/mol. The molecule has 1 fully saturated rings. The summed E-state index contributed by atoms with van der Waals surface area (Å²) < 4.78 is 5.04. The Balaban J connectivity index is 2.01. The highest BCUT2D eigenvalue weighted by Crippen LogP contribution is 2.28. The lowest BCUT2D eigenvalue weighted by molar-refractivity contribution is -0.145. The van der Waals surface area contributed by atoms with Crippen molar-refractivity contribution in [1.82, 2.24) is 0 Å². The van der Waals surface area contributed by atoms with Crippen LogP contribution in [-0.4, -0.2) is 19.1 Å². The van der Waals surface area contributed by atoms with Crippen LogP contribution in [0, 0.1) is 11.8 Å². The quantitative estimate of drug-likeness (QED) is 0.626. The molecule has 0 saturated heterocycles. The van der Waals surface area contributed by atoms with Crippen LogP contribution in [0.25, 0.3) is 0 Å². The van der Waals surface area contributed by atoms with Gasteiger partial charge in [0.2, 0.25) is 0 Å². The second-order valence-electron chi connectivity index (χ2n) is 3.67. The highest BCUT2D eigenvalue weighted by atomic mass is 16.5. The molecule has 0 aromatic carbocycles. The van der Waals surface area contributed by atoms with Crippen molar-refractivity contribution >= 4 is 5.97 Å². The zero-order valence-corrected chi connectivity index (χ0v) is 7.58. The van der Waals surface area contributed by atoms with Crippen molar-refractivity contribution in [1.29, 1.82) is 0 Å². The molecule has 0 amide bonds. The summed E-state index contributed by atoms with van der Waals surface area (Å²) in [7, 11) is 0. The Labute approximate surface area is 73.3 Å². The van der Waals surface area contributed by atoms with E-state index in [1.807, 2.05) is 6.92 Å². The van der Waals surface area contributed by atoms with E-state index in [1.54, 1.807) is 0 Å². The van der Waals surface area contributed by atoms with Crippen LogP contribution in [0.5, 0.6) is 0 Å². The smallest absolute Gasteiger partial charge is 0.306 e. The molecule has 0 heterocycles. The van der Waals surface area contributed by atoms with E-state index in [-0.39, 0.29) is 11.9 Å². The monoisotopic (exact) mass is 171 g/mol. The molecule has 1 unspecified atom stereocenters. The molecule has 1 atom stereocenters. The Morgan fingerprint density at radius 3 is 2.83 bits per heavy atom. The Hall–Kier alpha value is -0.570. The van der Waals surface area contributed by atoms with Crippen molar-refractivity contribution in [3.05, 3.63) is 0 Å². The van der Waals surface area contributed by atoms with E-state index in [2.05, 4.69) is 0 Å². The normalized spacial score (nSPS) is 18.8. The fourth-order valence-electron chi connectivity index (χ4n) is 0.922. The van der Waals surface area contributed by atoms with Crippen molar-refractivity contribution < 1.29 is 9.53 Å². The number of esters is 1. The number of nitrogens with two attached hydrogens (primary N) is 1. The molecule has 1 rings (SSSR count). The predicted octanol–water partition coefficient (Wildman–Crippen LogP) is 0.924. The highest BCUT2D eigenvalue weighted by molar-refractivity contribution is 5.69. The maximum atomic E-state index is 11.1. The second kappa shape index (κ2) is 4.45. The van der Waals surface area contributed by atoms with E-state index in [0.29, 0.717) is 25.5 Å². The second-order valence-corrected chi connectivity index (χ2v) is 3.67. The molecule has 1 aliphatic carbocycles. The van der Waals surface area contributed by atoms with Crippen LogP contribution < -0.4 is 5.73 Å². The molecule has 1 saturated carbocycles. The van der Waals surface area contributed by atoms with Gasteiger partial charge in [-0.3, -0.25) is 4.79 Å². The maximum absolute atomic E-state index is 11.1. The van der Waals surface area contributed by atoms with Gasteiger partial charge in [-0.05, 0) is 31.2 Å². The van der Waals surface area contributed by atoms with E-state index >= 15 is 0 Å². The molecular formula is C9H17NO2. The van der Waals surface area contributed by atoms with Crippen molar-refractivity contribution in [2.24, 2.45) is 17.6 Å². The molecule has 3 nitrogen and oxygen atoms in total. The van der Waals surface area contributed by atoms with E-state index in [9.17, 15) is 4.79 Å². The summed E-state index contributed by atoms with van der Waals surface area (Å²) in [6.45, 7) is 3.13. The summed E-state index contributed by atoms with van der Waals surface area (Å²) >= 11 is 0. The molecule has 70 valence electrons. The fraction of sp³-hybridized carbons (Fsp3) is 0.889. The Morgan fingerprint density at radius 1 is 1.67 bits per heavy atom. The van der Waals surface area contributed by atoms with E-state index in [4.69, 9.17) is 10.5 Å². The van der Waals surface area contributed by atoms with Gasteiger partial charge in [-0.1, -0.05) is 6.92 Å². The minimum Gasteiger partial charge on any atom is -0.465 e. The van der Waals surface area contributed by atoms with Gasteiger partial charge in [-0.25, -0.2) is 0 Å². The summed E-state index contributed by atoms with van der Waals surface area (Å²) in [5.74, 6) is 0.804. The van der Waals surface area contributed by atoms with Gasteiger partial charge in [0, 0.05) is 6.42 Å². The molecule has 1 aliphatic rings. The number of hydrogen-bond acceptors (Lipinski definition) is 3. The number of carbonyl (C=O) groups excluding carboxylic acids is 1. The van der Waals surface area contributed by atoms with Crippen molar-refractivity contribution in [2.45, 2.75) is 26.2 Å². The van der Waals surface area contributed by atoms with Crippen LogP contribution in [0.15, 0.2) is 0 Å². The summed E-state index contributed by atoms with van der Waals surface area (Å²) in [5.41, 5.74) is 5.38. The fourth-order valence-corrected chi connectivity index (χ4v) is 0.922. The molecule has 0 bridgehead atoms. The topological polar surface area (TPSA) is 52.3 Å². The van der Waals surface area contributed by atoms with E-state index in [0.717, 1.165) is 0 Å². The zero-order valence-electron chi connectivity index (χ0n) is 7.58. The Bertz CT molecular complexity index is 155. The SMILES string of the molecule is CC(CN)CC(=O)OCC1CC1. The minimum absolute atomic E-state index is 0.0974. The number of rotatable bonds is 5. The zero-order chi connectivity index (χ0) is 8.97. The molecule has 0 spiro atoms. The highest BCUT2D eigenvalue weighted by Gasteiger charge is 2.23. The van der Waals surface area contributed by atoms with Crippen LogP contribution in [-0.2, 0) is 9.53 Å². The van der Waals surface area contributed by atoms with E-state index < -0.39 is 0 Å². The third kappa shape index (κ3) is 3.72. The van der Waals surface area contributed by atoms with E-state index in [1.165, 1.54) is 12.8 Å². The lowest BCUT2D eigenvalue weighted by Gasteiger charge is -2.07. The van der Waals surface area contributed by atoms with Gasteiger partial charge in [0.1, 0.15) is 0 Å². The lowest BCUT2D eigenvalue weighted by Crippen LogP contribution is -2.17. The van der Waals surface area contributed by atoms with Gasteiger partial charge >= 0.3 is 5.97 Å². The van der Waals surface area contributed by atoms with Gasteiger partial charge < -0.3 is 10.5 Å². The molecule has 2 N–H and O–H groups in total. The minimum atomic E-state index is -0.0974. The average molecular weight is 171 g/mol. The average Bonchev–Trinajstić information content (AvgIpc) is 2.83. The van der Waals surface area contributed by atoms with Gasteiger partial charge in [0.15, 0.2) is 0 Å². The van der Waals surface area contributed by atoms with Crippen molar-refractivity contribution in [3.63, 3.8) is 0 Å². The van der Waals surface area contributed by atoms with Gasteiger partial charge in [0.25, 0.3) is 0 Å². The summed E-state index contributed by atoms with van der Waals surface area (Å²) in [6.07, 6.45) is 2.91. The van der Waals surface area contributed by atoms with Crippen LogP contribution in [0.3, 0.4) is 0 Å². The van der Waals surface area contributed by atoms with Crippen LogP contribution in [0.1, 0.15) is 26.2 Å². The molecule has 12 heavy (non-hydrogen) atoms. The molecular weight excluding hydrogens is 154 g/mol. The first-order valence-electron chi connectivity index (χ1n) is 4.58. The van der Waals surface area contributed by atoms with Gasteiger partial charge in [0.05, 0.1) is 6.61 Å².